The molecule has 0 atom stereocenters. The standard InChI is InChI=1S/C16H21N3O/c1-3-5-14-15(17)16(19(2)18-14)20-13-9-8-11-6-4-7-12(11)10-13/h8-10H,3-7,17H2,1-2H3. The molecule has 1 aliphatic rings. The molecule has 1 aromatic heterocycles. The Labute approximate surface area is 119 Å². The summed E-state index contributed by atoms with van der Waals surface area (Å²) in [4.78, 5) is 0. The molecule has 4 heteroatoms. The lowest BCUT2D eigenvalue weighted by molar-refractivity contribution is 0.432. The molecule has 0 unspecified atom stereocenters. The minimum Gasteiger partial charge on any atom is -0.437 e. The van der Waals surface area contributed by atoms with Gasteiger partial charge in [0.1, 0.15) is 11.4 Å². The number of fused-ring (bicyclic) bond motifs is 1. The predicted octanol–water partition coefficient (Wildman–Crippen LogP) is 3.24. The first-order valence-corrected chi connectivity index (χ1v) is 7.30. The van der Waals surface area contributed by atoms with Crippen molar-refractivity contribution in [3.05, 3.63) is 35.0 Å². The van der Waals surface area contributed by atoms with Gasteiger partial charge in [0, 0.05) is 7.05 Å². The fourth-order valence-corrected chi connectivity index (χ4v) is 2.84. The van der Waals surface area contributed by atoms with Crippen molar-refractivity contribution in [2.75, 3.05) is 5.73 Å². The maximum Gasteiger partial charge on any atom is 0.241 e. The van der Waals surface area contributed by atoms with Crippen LogP contribution in [0, 0.1) is 0 Å². The molecule has 1 heterocycles. The molecule has 0 bridgehead atoms. The van der Waals surface area contributed by atoms with Gasteiger partial charge in [-0.25, -0.2) is 4.68 Å². The number of rotatable bonds is 4. The Morgan fingerprint density at radius 3 is 2.90 bits per heavy atom. The maximum atomic E-state index is 6.14. The highest BCUT2D eigenvalue weighted by Crippen LogP contribution is 2.32. The van der Waals surface area contributed by atoms with Crippen molar-refractivity contribution in [2.24, 2.45) is 7.05 Å². The van der Waals surface area contributed by atoms with Gasteiger partial charge >= 0.3 is 0 Å². The summed E-state index contributed by atoms with van der Waals surface area (Å²) >= 11 is 0. The molecule has 0 saturated carbocycles. The van der Waals surface area contributed by atoms with Crippen LogP contribution in [0.3, 0.4) is 0 Å². The lowest BCUT2D eigenvalue weighted by atomic mass is 10.1. The number of nitrogen functional groups attached to an aromatic ring is 1. The second kappa shape index (κ2) is 5.19. The van der Waals surface area contributed by atoms with E-state index in [2.05, 4.69) is 24.2 Å². The predicted molar refractivity (Wildman–Crippen MR) is 80.2 cm³/mol. The van der Waals surface area contributed by atoms with E-state index in [0.717, 1.165) is 30.7 Å². The molecule has 1 aliphatic carbocycles. The zero-order valence-corrected chi connectivity index (χ0v) is 12.1. The maximum absolute atomic E-state index is 6.14. The molecule has 0 saturated heterocycles. The quantitative estimate of drug-likeness (QED) is 0.928. The molecule has 0 spiro atoms. The summed E-state index contributed by atoms with van der Waals surface area (Å²) in [5.74, 6) is 1.50. The Kier molecular flexibility index (Phi) is 3.38. The second-order valence-corrected chi connectivity index (χ2v) is 5.43. The van der Waals surface area contributed by atoms with Crippen LogP contribution in [0.1, 0.15) is 36.6 Å². The zero-order valence-electron chi connectivity index (χ0n) is 12.1. The lowest BCUT2D eigenvalue weighted by Gasteiger charge is -2.08. The smallest absolute Gasteiger partial charge is 0.241 e. The third-order valence-corrected chi connectivity index (χ3v) is 3.88. The van der Waals surface area contributed by atoms with Gasteiger partial charge in [-0.3, -0.25) is 0 Å². The monoisotopic (exact) mass is 271 g/mol. The molecule has 0 amide bonds. The zero-order chi connectivity index (χ0) is 14.1. The highest BCUT2D eigenvalue weighted by atomic mass is 16.5. The largest absolute Gasteiger partial charge is 0.437 e. The number of anilines is 1. The van der Waals surface area contributed by atoms with E-state index >= 15 is 0 Å². The van der Waals surface area contributed by atoms with E-state index < -0.39 is 0 Å². The van der Waals surface area contributed by atoms with Crippen molar-refractivity contribution in [1.29, 1.82) is 0 Å². The van der Waals surface area contributed by atoms with Gasteiger partial charge in [-0.1, -0.05) is 19.4 Å². The molecule has 0 aliphatic heterocycles. The van der Waals surface area contributed by atoms with E-state index in [0.29, 0.717) is 11.6 Å². The fourth-order valence-electron chi connectivity index (χ4n) is 2.84. The van der Waals surface area contributed by atoms with Crippen LogP contribution in [0.4, 0.5) is 5.69 Å². The Morgan fingerprint density at radius 1 is 1.30 bits per heavy atom. The van der Waals surface area contributed by atoms with E-state index in [-0.39, 0.29) is 0 Å². The third kappa shape index (κ3) is 2.26. The molecule has 2 N–H and O–H groups in total. The van der Waals surface area contributed by atoms with Crippen molar-refractivity contribution in [3.8, 4) is 11.6 Å². The average Bonchev–Trinajstić information content (AvgIpc) is 2.99. The Morgan fingerprint density at radius 2 is 2.10 bits per heavy atom. The van der Waals surface area contributed by atoms with Gasteiger partial charge in [-0.05, 0) is 48.9 Å². The number of aryl methyl sites for hydroxylation is 4. The van der Waals surface area contributed by atoms with Crippen LogP contribution < -0.4 is 10.5 Å². The Hall–Kier alpha value is -1.97. The topological polar surface area (TPSA) is 53.1 Å². The average molecular weight is 271 g/mol. The molecule has 3 rings (SSSR count). The molecular formula is C16H21N3O. The van der Waals surface area contributed by atoms with Gasteiger partial charge in [0.05, 0.1) is 5.69 Å². The third-order valence-electron chi connectivity index (χ3n) is 3.88. The van der Waals surface area contributed by atoms with Crippen LogP contribution in [0.5, 0.6) is 11.6 Å². The first-order valence-electron chi connectivity index (χ1n) is 7.30. The first kappa shape index (κ1) is 13.0. The van der Waals surface area contributed by atoms with E-state index in [9.17, 15) is 0 Å². The summed E-state index contributed by atoms with van der Waals surface area (Å²) in [6.45, 7) is 2.12. The molecular weight excluding hydrogens is 250 g/mol. The van der Waals surface area contributed by atoms with Crippen LogP contribution in [0.2, 0.25) is 0 Å². The van der Waals surface area contributed by atoms with Crippen molar-refractivity contribution in [1.82, 2.24) is 9.78 Å². The Bertz CT molecular complexity index is 631. The van der Waals surface area contributed by atoms with Crippen molar-refractivity contribution in [2.45, 2.75) is 39.0 Å². The van der Waals surface area contributed by atoms with Gasteiger partial charge in [0.15, 0.2) is 0 Å². The van der Waals surface area contributed by atoms with Gasteiger partial charge in [0.25, 0.3) is 0 Å². The SMILES string of the molecule is CCCc1nn(C)c(Oc2ccc3c(c2)CCC3)c1N. The summed E-state index contributed by atoms with van der Waals surface area (Å²) in [6.07, 6.45) is 5.48. The highest BCUT2D eigenvalue weighted by molar-refractivity contribution is 5.55. The van der Waals surface area contributed by atoms with Crippen molar-refractivity contribution < 1.29 is 4.74 Å². The molecule has 20 heavy (non-hydrogen) atoms. The van der Waals surface area contributed by atoms with Crippen molar-refractivity contribution >= 4 is 5.69 Å². The van der Waals surface area contributed by atoms with Gasteiger partial charge in [-0.2, -0.15) is 5.10 Å². The van der Waals surface area contributed by atoms with Crippen LogP contribution in [0.25, 0.3) is 0 Å². The minimum atomic E-state index is 0.645. The summed E-state index contributed by atoms with van der Waals surface area (Å²) in [5.41, 5.74) is 10.6. The van der Waals surface area contributed by atoms with Crippen LogP contribution in [-0.4, -0.2) is 9.78 Å². The summed E-state index contributed by atoms with van der Waals surface area (Å²) in [5, 5.41) is 4.44. The van der Waals surface area contributed by atoms with Gasteiger partial charge in [-0.15, -0.1) is 0 Å². The minimum absolute atomic E-state index is 0.645. The van der Waals surface area contributed by atoms with E-state index in [1.165, 1.54) is 24.0 Å². The first-order chi connectivity index (χ1) is 9.69. The normalized spacial score (nSPS) is 13.5. The summed E-state index contributed by atoms with van der Waals surface area (Å²) in [6, 6.07) is 6.32. The fraction of sp³-hybridized carbons (Fsp3) is 0.438. The van der Waals surface area contributed by atoms with Crippen molar-refractivity contribution in [3.63, 3.8) is 0 Å². The molecule has 0 fully saturated rings. The number of benzene rings is 1. The van der Waals surface area contributed by atoms with E-state index in [4.69, 9.17) is 10.5 Å². The van der Waals surface area contributed by atoms with Gasteiger partial charge < -0.3 is 10.5 Å². The molecule has 106 valence electrons. The number of hydrogen-bond acceptors (Lipinski definition) is 3. The molecule has 4 nitrogen and oxygen atoms in total. The Balaban J connectivity index is 1.87. The lowest BCUT2D eigenvalue weighted by Crippen LogP contribution is -1.97. The van der Waals surface area contributed by atoms with Crippen LogP contribution in [-0.2, 0) is 26.3 Å². The molecule has 2 aromatic rings. The van der Waals surface area contributed by atoms with Crippen LogP contribution in [0.15, 0.2) is 18.2 Å². The van der Waals surface area contributed by atoms with Gasteiger partial charge in [0.2, 0.25) is 5.88 Å². The molecule has 1 aromatic carbocycles. The summed E-state index contributed by atoms with van der Waals surface area (Å²) in [7, 11) is 1.87. The number of nitrogens with zero attached hydrogens (tertiary/aromatic N) is 2. The molecule has 0 radical (unpaired) electrons. The number of ether oxygens (including phenoxy) is 1. The van der Waals surface area contributed by atoms with E-state index in [1.807, 2.05) is 13.1 Å². The second-order valence-electron chi connectivity index (χ2n) is 5.43. The van der Waals surface area contributed by atoms with E-state index in [1.54, 1.807) is 4.68 Å². The van der Waals surface area contributed by atoms with Crippen LogP contribution >= 0.6 is 0 Å². The number of nitrogens with two attached hydrogens (primary N) is 1. The highest BCUT2D eigenvalue weighted by Gasteiger charge is 2.16. The number of aromatic nitrogens is 2. The number of hydrogen-bond donors (Lipinski definition) is 1. The summed E-state index contributed by atoms with van der Waals surface area (Å²) < 4.78 is 7.70.